The maximum absolute atomic E-state index is 11.9. The second kappa shape index (κ2) is 6.66. The molecule has 2 heterocycles. The minimum absolute atomic E-state index is 0.0613. The molecule has 2 aromatic carbocycles. The zero-order chi connectivity index (χ0) is 19.0. The molecule has 27 heavy (non-hydrogen) atoms. The van der Waals surface area contributed by atoms with Crippen molar-refractivity contribution in [3.8, 4) is 0 Å². The van der Waals surface area contributed by atoms with Gasteiger partial charge >= 0.3 is 0 Å². The summed E-state index contributed by atoms with van der Waals surface area (Å²) >= 11 is 6.03. The molecule has 0 saturated heterocycles. The summed E-state index contributed by atoms with van der Waals surface area (Å²) in [4.78, 5) is 6.06. The lowest BCUT2D eigenvalue weighted by atomic mass is 10.2. The number of nitrogens with two attached hydrogens (primary N) is 1. The molecule has 0 fully saturated rings. The average Bonchev–Trinajstić information content (AvgIpc) is 3.11. The maximum Gasteiger partial charge on any atom is 0.239 e. The molecule has 0 unspecified atom stereocenters. The van der Waals surface area contributed by atoms with Crippen LogP contribution in [0, 0.1) is 0 Å². The molecule has 2 aromatic heterocycles. The summed E-state index contributed by atoms with van der Waals surface area (Å²) in [6.07, 6.45) is 3.39. The van der Waals surface area contributed by atoms with Crippen LogP contribution in [-0.4, -0.2) is 23.6 Å². The highest BCUT2D eigenvalue weighted by Crippen LogP contribution is 2.36. The first-order valence-corrected chi connectivity index (χ1v) is 9.82. The van der Waals surface area contributed by atoms with E-state index in [-0.39, 0.29) is 9.92 Å². The quantitative estimate of drug-likeness (QED) is 0.544. The van der Waals surface area contributed by atoms with Crippen molar-refractivity contribution >= 4 is 49.7 Å². The number of halogens is 1. The number of benzene rings is 2. The van der Waals surface area contributed by atoms with Gasteiger partial charge in [0.25, 0.3) is 0 Å². The van der Waals surface area contributed by atoms with Gasteiger partial charge in [0.15, 0.2) is 0 Å². The van der Waals surface area contributed by atoms with Crippen molar-refractivity contribution in [2.75, 3.05) is 4.90 Å². The number of H-pyrrole nitrogens is 1. The third-order valence-corrected chi connectivity index (χ3v) is 5.43. The largest absolute Gasteiger partial charge is 0.295 e. The van der Waals surface area contributed by atoms with Crippen molar-refractivity contribution in [2.45, 2.75) is 4.90 Å². The third kappa shape index (κ3) is 3.37. The van der Waals surface area contributed by atoms with Crippen molar-refractivity contribution < 1.29 is 8.42 Å². The van der Waals surface area contributed by atoms with Gasteiger partial charge in [-0.15, -0.1) is 0 Å². The molecule has 0 aliphatic heterocycles. The van der Waals surface area contributed by atoms with Crippen molar-refractivity contribution in [1.29, 1.82) is 0 Å². The predicted molar refractivity (Wildman–Crippen MR) is 105 cm³/mol. The van der Waals surface area contributed by atoms with E-state index in [1.54, 1.807) is 24.5 Å². The first-order valence-electron chi connectivity index (χ1n) is 7.90. The Balaban J connectivity index is 1.94. The monoisotopic (exact) mass is 399 g/mol. The zero-order valence-electron chi connectivity index (χ0n) is 13.9. The number of hydrogen-bond acceptors (Lipinski definition) is 5. The molecular formula is C18H14ClN5O2S. The van der Waals surface area contributed by atoms with Crippen LogP contribution in [0.5, 0.6) is 0 Å². The van der Waals surface area contributed by atoms with Crippen LogP contribution < -0.4 is 10.0 Å². The first kappa shape index (κ1) is 17.5. The Morgan fingerprint density at radius 3 is 2.56 bits per heavy atom. The number of pyridine rings is 1. The van der Waals surface area contributed by atoms with E-state index >= 15 is 0 Å². The summed E-state index contributed by atoms with van der Waals surface area (Å²) in [5.74, 6) is 0.610. The summed E-state index contributed by atoms with van der Waals surface area (Å²) in [5.41, 5.74) is 2.17. The van der Waals surface area contributed by atoms with Crippen LogP contribution in [0.15, 0.2) is 71.9 Å². The van der Waals surface area contributed by atoms with E-state index < -0.39 is 10.0 Å². The zero-order valence-corrected chi connectivity index (χ0v) is 15.4. The Labute approximate surface area is 160 Å². The second-order valence-electron chi connectivity index (χ2n) is 5.82. The van der Waals surface area contributed by atoms with Crippen molar-refractivity contribution in [3.63, 3.8) is 0 Å². The average molecular weight is 400 g/mol. The normalized spacial score (nSPS) is 11.6. The fraction of sp³-hybridized carbons (Fsp3) is 0. The molecule has 9 heteroatoms. The third-order valence-electron chi connectivity index (χ3n) is 4.04. The molecule has 3 N–H and O–H groups in total. The van der Waals surface area contributed by atoms with Gasteiger partial charge in [-0.3, -0.25) is 10.00 Å². The molecule has 0 bridgehead atoms. The molecule has 4 rings (SSSR count). The highest BCUT2D eigenvalue weighted by Gasteiger charge is 2.19. The number of primary sulfonamides is 1. The number of sulfonamides is 1. The fourth-order valence-electron chi connectivity index (χ4n) is 2.81. The summed E-state index contributed by atoms with van der Waals surface area (Å²) in [6, 6.07) is 15.8. The van der Waals surface area contributed by atoms with Crippen LogP contribution in [0.4, 0.5) is 17.2 Å². The van der Waals surface area contributed by atoms with E-state index in [0.717, 1.165) is 16.6 Å². The molecule has 136 valence electrons. The van der Waals surface area contributed by atoms with Gasteiger partial charge in [0.2, 0.25) is 10.0 Å². The Kier molecular flexibility index (Phi) is 4.31. The van der Waals surface area contributed by atoms with Crippen LogP contribution in [0.2, 0.25) is 5.02 Å². The van der Waals surface area contributed by atoms with Gasteiger partial charge in [0, 0.05) is 23.0 Å². The molecule has 0 amide bonds. The topological polar surface area (TPSA) is 105 Å². The maximum atomic E-state index is 11.9. The van der Waals surface area contributed by atoms with Crippen LogP contribution in [-0.2, 0) is 10.0 Å². The molecule has 0 atom stereocenters. The van der Waals surface area contributed by atoms with Crippen LogP contribution >= 0.6 is 11.6 Å². The van der Waals surface area contributed by atoms with Crippen LogP contribution in [0.1, 0.15) is 0 Å². The smallest absolute Gasteiger partial charge is 0.239 e. The summed E-state index contributed by atoms with van der Waals surface area (Å²) < 4.78 is 23.8. The van der Waals surface area contributed by atoms with E-state index in [0.29, 0.717) is 11.5 Å². The van der Waals surface area contributed by atoms with Gasteiger partial charge in [0.05, 0.1) is 16.7 Å². The molecule has 0 radical (unpaired) electrons. The van der Waals surface area contributed by atoms with Crippen molar-refractivity contribution in [3.05, 3.63) is 72.0 Å². The number of hydrogen-bond donors (Lipinski definition) is 2. The number of nitrogens with one attached hydrogen (secondary N) is 1. The van der Waals surface area contributed by atoms with Crippen molar-refractivity contribution in [1.82, 2.24) is 15.2 Å². The van der Waals surface area contributed by atoms with Gasteiger partial charge < -0.3 is 0 Å². The van der Waals surface area contributed by atoms with Gasteiger partial charge in [0.1, 0.15) is 10.7 Å². The molecule has 4 aromatic rings. The fourth-order valence-corrected chi connectivity index (χ4v) is 3.88. The van der Waals surface area contributed by atoms with E-state index in [2.05, 4.69) is 15.2 Å². The molecule has 0 spiro atoms. The molecular weight excluding hydrogens is 386 g/mol. The standard InChI is InChI=1S/C18H14ClN5O2S/c19-15-7-6-14(10-17(15)27(20,25)26)24(18-3-1-2-8-21-18)13-5-4-12-11-22-23-16(12)9-13/h1-11H,(H,22,23)(H2,20,25,26). The highest BCUT2D eigenvalue weighted by molar-refractivity contribution is 7.89. The van der Waals surface area contributed by atoms with E-state index in [1.165, 1.54) is 12.1 Å². The number of aromatic amines is 1. The number of fused-ring (bicyclic) bond motifs is 1. The Bertz CT molecular complexity index is 1220. The van der Waals surface area contributed by atoms with Crippen LogP contribution in [0.3, 0.4) is 0 Å². The lowest BCUT2D eigenvalue weighted by molar-refractivity contribution is 0.598. The number of rotatable bonds is 4. The molecule has 0 aliphatic carbocycles. The Hall–Kier alpha value is -2.94. The van der Waals surface area contributed by atoms with E-state index in [4.69, 9.17) is 16.7 Å². The number of nitrogens with zero attached hydrogens (tertiary/aromatic N) is 3. The van der Waals surface area contributed by atoms with Gasteiger partial charge in [-0.1, -0.05) is 17.7 Å². The lowest BCUT2D eigenvalue weighted by Gasteiger charge is -2.24. The van der Waals surface area contributed by atoms with E-state index in [1.807, 2.05) is 35.2 Å². The summed E-state index contributed by atoms with van der Waals surface area (Å²) in [5, 5.41) is 13.3. The van der Waals surface area contributed by atoms with Gasteiger partial charge in [-0.05, 0) is 48.5 Å². The number of anilines is 3. The second-order valence-corrected chi connectivity index (χ2v) is 7.76. The SMILES string of the molecule is NS(=O)(=O)c1cc(N(c2ccc3cn[nH]c3c2)c2ccccn2)ccc1Cl. The van der Waals surface area contributed by atoms with Gasteiger partial charge in [-0.25, -0.2) is 18.5 Å². The minimum Gasteiger partial charge on any atom is -0.295 e. The first-order chi connectivity index (χ1) is 12.9. The molecule has 0 saturated carbocycles. The van der Waals surface area contributed by atoms with E-state index in [9.17, 15) is 8.42 Å². The molecule has 0 aliphatic rings. The van der Waals surface area contributed by atoms with Crippen molar-refractivity contribution in [2.24, 2.45) is 5.14 Å². The Morgan fingerprint density at radius 1 is 1.04 bits per heavy atom. The highest BCUT2D eigenvalue weighted by atomic mass is 35.5. The van der Waals surface area contributed by atoms with Crippen LogP contribution in [0.25, 0.3) is 10.9 Å². The number of aromatic nitrogens is 3. The summed E-state index contributed by atoms with van der Waals surface area (Å²) in [6.45, 7) is 0. The lowest BCUT2D eigenvalue weighted by Crippen LogP contribution is -2.15. The van der Waals surface area contributed by atoms with Gasteiger partial charge in [-0.2, -0.15) is 5.10 Å². The molecule has 7 nitrogen and oxygen atoms in total. The predicted octanol–water partition coefficient (Wildman–Crippen LogP) is 3.73. The Morgan fingerprint density at radius 2 is 1.81 bits per heavy atom. The summed E-state index contributed by atoms with van der Waals surface area (Å²) in [7, 11) is -3.97. The minimum atomic E-state index is -3.97.